The van der Waals surface area contributed by atoms with Crippen molar-refractivity contribution >= 4 is 46.4 Å². The minimum absolute atomic E-state index is 0.0258. The zero-order valence-electron chi connectivity index (χ0n) is 23.9. The lowest BCUT2D eigenvalue weighted by Crippen LogP contribution is -2.46. The van der Waals surface area contributed by atoms with Gasteiger partial charge in [-0.05, 0) is 6.07 Å². The number of nitrogen functional groups attached to an aromatic ring is 1. The van der Waals surface area contributed by atoms with Crippen LogP contribution in [0.4, 0.5) is 5.82 Å². The Hall–Kier alpha value is -2.86. The quantitative estimate of drug-likeness (QED) is 0.0645. The first-order valence-corrected chi connectivity index (χ1v) is 17.8. The summed E-state index contributed by atoms with van der Waals surface area (Å²) in [7, 11) is -16.9. The highest BCUT2D eigenvalue weighted by atomic mass is 31.3. The van der Waals surface area contributed by atoms with Gasteiger partial charge in [-0.2, -0.15) is 4.57 Å². The molecule has 2 fully saturated rings. The van der Waals surface area contributed by atoms with Crippen molar-refractivity contribution < 1.29 is 85.3 Å². The predicted molar refractivity (Wildman–Crippen MR) is 146 cm³/mol. The number of carbonyl (C=O) groups is 1. The van der Waals surface area contributed by atoms with Crippen LogP contribution >= 0.6 is 23.5 Å². The lowest BCUT2D eigenvalue weighted by molar-refractivity contribution is -0.765. The number of aromatic nitrogens is 5. The van der Waals surface area contributed by atoms with Gasteiger partial charge in [0, 0.05) is 6.07 Å². The fourth-order valence-electron chi connectivity index (χ4n) is 4.82. The molecule has 3 aromatic rings. The lowest BCUT2D eigenvalue weighted by Gasteiger charge is -2.27. The van der Waals surface area contributed by atoms with Crippen LogP contribution in [0, 0.1) is 0 Å². The highest BCUT2D eigenvalue weighted by Crippen LogP contribution is 2.58. The second kappa shape index (κ2) is 13.8. The molecule has 264 valence electrons. The zero-order valence-corrected chi connectivity index (χ0v) is 26.5. The number of imidazole rings is 1. The number of nitrogens with zero attached hydrogens (tertiary/aromatic N) is 5. The number of aliphatic hydroxyl groups excluding tert-OH is 3. The molecule has 3 aromatic heterocycles. The standard InChI is InChI=1S/C21H28N7O17P3/c22-17-12-19(25-7-24-17)28(8-26-12)21-16(44-46(33,34)35)14(30)11(43-21)6-41-48(38,39)45-47(36,37)40-5-10-13(29)15(31)20(42-10)27-3-1-2-9(4-27)18(23)32/h1-4,7-8,10-11,13-16,20-21,29-31H,5-6H2,(H7-,22,23,24,25,32,33,34,35,36,37,38,39)/p-1/t10-,11-,13-,14-,15-,16-,20-,21-/m1/s1. The van der Waals surface area contributed by atoms with Crippen LogP contribution in [-0.4, -0.2) is 100 Å². The van der Waals surface area contributed by atoms with Crippen molar-refractivity contribution in [3.63, 3.8) is 0 Å². The molecule has 5 rings (SSSR count). The molecule has 0 aromatic carbocycles. The Balaban J connectivity index is 1.21. The van der Waals surface area contributed by atoms with Gasteiger partial charge in [-0.3, -0.25) is 23.0 Å². The first kappa shape index (κ1) is 36.4. The normalized spacial score (nSPS) is 31.3. The number of phosphoric ester groups is 3. The number of anilines is 1. The van der Waals surface area contributed by atoms with E-state index in [1.165, 1.54) is 29.1 Å². The number of carbonyl (C=O) groups excluding carboxylic acids is 1. The third-order valence-corrected chi connectivity index (χ3v) is 10.0. The molecule has 0 spiro atoms. The van der Waals surface area contributed by atoms with E-state index in [9.17, 15) is 53.4 Å². The summed E-state index contributed by atoms with van der Waals surface area (Å²) < 4.78 is 67.5. The SMILES string of the molecule is NC(=O)c1ccc[n+]([C@@H]2O[C@H](COP(=O)([O-])OP(=O)(O)OC[C@H]3O[C@@H](n4cnc5c(N)ncnc54)[C@H](OP(=O)([O-])O)[C@@H]3O)[C@@H](O)[C@H]2O)c1. The Morgan fingerprint density at radius 3 is 2.40 bits per heavy atom. The van der Waals surface area contributed by atoms with Gasteiger partial charge in [-0.25, -0.2) is 23.8 Å². The maximum Gasteiger partial charge on any atom is 0.478 e. The molecular formula is C21H27N7O17P3-. The summed E-state index contributed by atoms with van der Waals surface area (Å²) in [5.41, 5.74) is 11.0. The second-order valence-electron chi connectivity index (χ2n) is 10.2. The number of ether oxygens (including phenoxy) is 2. The third-order valence-electron chi connectivity index (χ3n) is 6.97. The summed E-state index contributed by atoms with van der Waals surface area (Å²) in [6.45, 7) is -2.15. The van der Waals surface area contributed by atoms with Crippen LogP contribution < -0.4 is 25.8 Å². The van der Waals surface area contributed by atoms with Crippen molar-refractivity contribution in [2.45, 2.75) is 49.1 Å². The van der Waals surface area contributed by atoms with E-state index in [0.29, 0.717) is 0 Å². The van der Waals surface area contributed by atoms with Crippen molar-refractivity contribution in [2.24, 2.45) is 5.73 Å². The van der Waals surface area contributed by atoms with Crippen molar-refractivity contribution in [2.75, 3.05) is 18.9 Å². The molecule has 27 heteroatoms. The molecule has 2 aliphatic rings. The third kappa shape index (κ3) is 8.12. The summed E-state index contributed by atoms with van der Waals surface area (Å²) in [4.78, 5) is 66.4. The van der Waals surface area contributed by atoms with Gasteiger partial charge in [-0.1, -0.05) is 0 Å². The van der Waals surface area contributed by atoms with Gasteiger partial charge in [-0.15, -0.1) is 0 Å². The second-order valence-corrected chi connectivity index (χ2v) is 14.4. The van der Waals surface area contributed by atoms with Gasteiger partial charge < -0.3 is 64.9 Å². The summed E-state index contributed by atoms with van der Waals surface area (Å²) >= 11 is 0. The van der Waals surface area contributed by atoms with Crippen LogP contribution in [0.1, 0.15) is 22.8 Å². The van der Waals surface area contributed by atoms with E-state index < -0.39 is 91.7 Å². The molecule has 24 nitrogen and oxygen atoms in total. The minimum Gasteiger partial charge on any atom is -0.756 e. The van der Waals surface area contributed by atoms with Crippen LogP contribution in [0.25, 0.3) is 11.2 Å². The van der Waals surface area contributed by atoms with E-state index in [4.69, 9.17) is 20.9 Å². The molecule has 5 heterocycles. The molecule has 1 amide bonds. The number of fused-ring (bicyclic) bond motifs is 1. The predicted octanol–water partition coefficient (Wildman–Crippen LogP) is -4.16. The molecule has 0 aliphatic carbocycles. The average Bonchev–Trinajstić information content (AvgIpc) is 3.64. The van der Waals surface area contributed by atoms with Gasteiger partial charge in [0.2, 0.25) is 0 Å². The maximum absolute atomic E-state index is 12.5. The number of rotatable bonds is 13. The number of amides is 1. The van der Waals surface area contributed by atoms with E-state index >= 15 is 0 Å². The topological polar surface area (TPSA) is 370 Å². The summed E-state index contributed by atoms with van der Waals surface area (Å²) in [5, 5.41) is 31.4. The molecule has 0 radical (unpaired) electrons. The largest absolute Gasteiger partial charge is 0.756 e. The van der Waals surface area contributed by atoms with Crippen LogP contribution in [0.15, 0.2) is 37.2 Å². The Bertz CT molecular complexity index is 1810. The fourth-order valence-corrected chi connectivity index (χ4v) is 7.41. The average molecular weight is 742 g/mol. The number of aliphatic hydroxyl groups is 3. The summed E-state index contributed by atoms with van der Waals surface area (Å²) in [6, 6.07) is 2.77. The number of phosphoric acid groups is 3. The lowest BCUT2D eigenvalue weighted by atomic mass is 10.1. The van der Waals surface area contributed by atoms with Crippen LogP contribution in [0.2, 0.25) is 0 Å². The van der Waals surface area contributed by atoms with Gasteiger partial charge in [0.25, 0.3) is 27.8 Å². The molecule has 3 unspecified atom stereocenters. The summed E-state index contributed by atoms with van der Waals surface area (Å²) in [5.74, 6) is -0.877. The van der Waals surface area contributed by atoms with E-state index in [0.717, 1.165) is 17.2 Å². The van der Waals surface area contributed by atoms with Gasteiger partial charge in [0.05, 0.1) is 19.5 Å². The molecule has 0 saturated carbocycles. The van der Waals surface area contributed by atoms with E-state index in [1.54, 1.807) is 0 Å². The Morgan fingerprint density at radius 2 is 1.71 bits per heavy atom. The van der Waals surface area contributed by atoms with Crippen LogP contribution in [0.5, 0.6) is 0 Å². The Morgan fingerprint density at radius 1 is 1.02 bits per heavy atom. The maximum atomic E-state index is 12.5. The molecule has 2 aliphatic heterocycles. The first-order valence-electron chi connectivity index (χ1n) is 13.3. The van der Waals surface area contributed by atoms with Crippen LogP contribution in [-0.2, 0) is 41.1 Å². The van der Waals surface area contributed by atoms with Crippen LogP contribution in [0.3, 0.4) is 0 Å². The molecule has 0 bridgehead atoms. The smallest absolute Gasteiger partial charge is 0.478 e. The highest BCUT2D eigenvalue weighted by molar-refractivity contribution is 7.60. The Labute approximate surface area is 267 Å². The number of primary amides is 1. The Kier molecular flexibility index (Phi) is 10.5. The van der Waals surface area contributed by atoms with Crippen molar-refractivity contribution in [3.05, 3.63) is 42.7 Å². The summed E-state index contributed by atoms with van der Waals surface area (Å²) in [6.07, 6.45) is -8.82. The van der Waals surface area contributed by atoms with Gasteiger partial charge in [0.1, 0.15) is 47.9 Å². The van der Waals surface area contributed by atoms with Crippen molar-refractivity contribution in [3.8, 4) is 0 Å². The van der Waals surface area contributed by atoms with E-state index in [2.05, 4.69) is 32.8 Å². The number of hydrogen-bond donors (Lipinski definition) is 7. The van der Waals surface area contributed by atoms with Gasteiger partial charge >= 0.3 is 7.82 Å². The molecule has 11 atom stereocenters. The van der Waals surface area contributed by atoms with Gasteiger partial charge in [0.15, 0.2) is 36.2 Å². The monoisotopic (exact) mass is 742 g/mol. The van der Waals surface area contributed by atoms with Crippen molar-refractivity contribution in [1.29, 1.82) is 0 Å². The van der Waals surface area contributed by atoms with Crippen molar-refractivity contribution in [1.82, 2.24) is 19.5 Å². The molecule has 9 N–H and O–H groups in total. The fraction of sp³-hybridized carbons (Fsp3) is 0.476. The molecule has 48 heavy (non-hydrogen) atoms. The molecular weight excluding hydrogens is 715 g/mol. The zero-order chi connectivity index (χ0) is 35.2. The first-order chi connectivity index (χ1) is 22.4. The van der Waals surface area contributed by atoms with E-state index in [1.807, 2.05) is 0 Å². The molecule has 2 saturated heterocycles. The number of pyridine rings is 1. The number of hydrogen-bond acceptors (Lipinski definition) is 19. The minimum atomic E-state index is -5.73. The number of nitrogens with two attached hydrogens (primary N) is 2. The highest BCUT2D eigenvalue weighted by Gasteiger charge is 2.50. The van der Waals surface area contributed by atoms with E-state index in [-0.39, 0.29) is 22.5 Å².